The number of hydrogen-bond donors (Lipinski definition) is 1. The number of sulfonamides is 1. The van der Waals surface area contributed by atoms with E-state index in [9.17, 15) is 13.2 Å². The third-order valence-electron chi connectivity index (χ3n) is 3.99. The predicted octanol–water partition coefficient (Wildman–Crippen LogP) is 2.64. The molecule has 0 spiro atoms. The molecule has 0 aliphatic carbocycles. The van der Waals surface area contributed by atoms with Gasteiger partial charge in [0.05, 0.1) is 4.90 Å². The van der Waals surface area contributed by atoms with Gasteiger partial charge >= 0.3 is 0 Å². The van der Waals surface area contributed by atoms with Crippen molar-refractivity contribution in [3.8, 4) is 0 Å². The molecule has 0 radical (unpaired) electrons. The molecule has 1 saturated heterocycles. The van der Waals surface area contributed by atoms with Crippen LogP contribution in [0.3, 0.4) is 0 Å². The molecule has 5 nitrogen and oxygen atoms in total. The number of carbonyl (C=O) groups is 1. The predicted molar refractivity (Wildman–Crippen MR) is 90.8 cm³/mol. The fraction of sp³-hybridized carbons (Fsp3) is 0.588. The molecule has 128 valence electrons. The first-order chi connectivity index (χ1) is 10.6. The largest absolute Gasteiger partial charge is 0.347 e. The van der Waals surface area contributed by atoms with E-state index in [0.29, 0.717) is 24.6 Å². The van der Waals surface area contributed by atoms with Crippen LogP contribution in [0, 0.1) is 5.92 Å². The number of hydrogen-bond acceptors (Lipinski definition) is 3. The summed E-state index contributed by atoms with van der Waals surface area (Å²) in [7, 11) is -3.46. The molecular formula is C17H26N2O3S. The molecule has 2 rings (SSSR count). The quantitative estimate of drug-likeness (QED) is 0.921. The Hall–Kier alpha value is -1.40. The number of carbonyl (C=O) groups excluding carboxylic acids is 1. The summed E-state index contributed by atoms with van der Waals surface area (Å²) in [6.45, 7) is 8.99. The van der Waals surface area contributed by atoms with Crippen LogP contribution in [0.4, 0.5) is 0 Å². The molecule has 0 unspecified atom stereocenters. The highest BCUT2D eigenvalue weighted by molar-refractivity contribution is 7.89. The van der Waals surface area contributed by atoms with E-state index in [4.69, 9.17) is 0 Å². The van der Waals surface area contributed by atoms with E-state index in [2.05, 4.69) is 12.2 Å². The Kier molecular flexibility index (Phi) is 5.16. The SMILES string of the molecule is CC1CCN(S(=O)(=O)c2ccc(C(=O)NC(C)(C)C)cc2)CC1. The summed E-state index contributed by atoms with van der Waals surface area (Å²) in [6, 6.07) is 6.18. The second kappa shape index (κ2) is 6.61. The van der Waals surface area contributed by atoms with Gasteiger partial charge in [-0.25, -0.2) is 8.42 Å². The molecule has 1 aromatic carbocycles. The lowest BCUT2D eigenvalue weighted by molar-refractivity contribution is 0.0919. The Morgan fingerprint density at radius 2 is 1.65 bits per heavy atom. The molecule has 1 heterocycles. The molecule has 1 aliphatic heterocycles. The van der Waals surface area contributed by atoms with Crippen LogP contribution in [-0.2, 0) is 10.0 Å². The number of piperidine rings is 1. The van der Waals surface area contributed by atoms with Crippen LogP contribution in [0.2, 0.25) is 0 Å². The van der Waals surface area contributed by atoms with Crippen molar-refractivity contribution in [1.82, 2.24) is 9.62 Å². The zero-order chi connectivity index (χ0) is 17.3. The van der Waals surface area contributed by atoms with Crippen molar-refractivity contribution in [2.45, 2.75) is 51.0 Å². The number of amides is 1. The highest BCUT2D eigenvalue weighted by Gasteiger charge is 2.28. The Labute approximate surface area is 139 Å². The normalized spacial score (nSPS) is 17.9. The summed E-state index contributed by atoms with van der Waals surface area (Å²) in [4.78, 5) is 12.3. The fourth-order valence-electron chi connectivity index (χ4n) is 2.57. The first-order valence-electron chi connectivity index (χ1n) is 8.02. The number of benzene rings is 1. The summed E-state index contributed by atoms with van der Waals surface area (Å²) in [5.41, 5.74) is 0.137. The highest BCUT2D eigenvalue weighted by atomic mass is 32.2. The molecule has 1 fully saturated rings. The molecule has 1 aromatic rings. The number of nitrogens with zero attached hydrogens (tertiary/aromatic N) is 1. The summed E-state index contributed by atoms with van der Waals surface area (Å²) < 4.78 is 26.8. The average molecular weight is 338 g/mol. The Morgan fingerprint density at radius 1 is 1.13 bits per heavy atom. The molecule has 0 saturated carbocycles. The van der Waals surface area contributed by atoms with Crippen LogP contribution in [0.1, 0.15) is 50.9 Å². The molecule has 0 atom stereocenters. The number of rotatable bonds is 3. The van der Waals surface area contributed by atoms with Crippen LogP contribution in [0.15, 0.2) is 29.2 Å². The molecule has 1 aliphatic rings. The van der Waals surface area contributed by atoms with Gasteiger partial charge in [-0.05, 0) is 63.8 Å². The summed E-state index contributed by atoms with van der Waals surface area (Å²) >= 11 is 0. The second-order valence-corrected chi connectivity index (χ2v) is 9.25. The monoisotopic (exact) mass is 338 g/mol. The summed E-state index contributed by atoms with van der Waals surface area (Å²) in [5, 5.41) is 2.86. The van der Waals surface area contributed by atoms with Gasteiger partial charge in [0, 0.05) is 24.2 Å². The minimum Gasteiger partial charge on any atom is -0.347 e. The van der Waals surface area contributed by atoms with Gasteiger partial charge < -0.3 is 5.32 Å². The fourth-order valence-corrected chi connectivity index (χ4v) is 4.04. The number of nitrogens with one attached hydrogen (secondary N) is 1. The van der Waals surface area contributed by atoms with Crippen molar-refractivity contribution in [3.05, 3.63) is 29.8 Å². The van der Waals surface area contributed by atoms with E-state index in [0.717, 1.165) is 12.8 Å². The third kappa shape index (κ3) is 4.54. The molecule has 1 amide bonds. The van der Waals surface area contributed by atoms with Crippen LogP contribution in [0.25, 0.3) is 0 Å². The first-order valence-corrected chi connectivity index (χ1v) is 9.46. The maximum atomic E-state index is 12.6. The van der Waals surface area contributed by atoms with Crippen molar-refractivity contribution >= 4 is 15.9 Å². The smallest absolute Gasteiger partial charge is 0.251 e. The van der Waals surface area contributed by atoms with Crippen molar-refractivity contribution in [3.63, 3.8) is 0 Å². The summed E-state index contributed by atoms with van der Waals surface area (Å²) in [6.07, 6.45) is 1.79. The van der Waals surface area contributed by atoms with E-state index < -0.39 is 10.0 Å². The lowest BCUT2D eigenvalue weighted by atomic mass is 10.0. The molecule has 0 aromatic heterocycles. The molecular weight excluding hydrogens is 312 g/mol. The minimum atomic E-state index is -3.46. The molecule has 6 heteroatoms. The standard InChI is InChI=1S/C17H26N2O3S/c1-13-9-11-19(12-10-13)23(21,22)15-7-5-14(6-8-15)16(20)18-17(2,3)4/h5-8,13H,9-12H2,1-4H3,(H,18,20). The van der Waals surface area contributed by atoms with Crippen molar-refractivity contribution < 1.29 is 13.2 Å². The molecule has 1 N–H and O–H groups in total. The van der Waals surface area contributed by atoms with E-state index in [1.807, 2.05) is 20.8 Å². The molecule has 0 bridgehead atoms. The zero-order valence-electron chi connectivity index (χ0n) is 14.3. The highest BCUT2D eigenvalue weighted by Crippen LogP contribution is 2.23. The van der Waals surface area contributed by atoms with Crippen molar-refractivity contribution in [1.29, 1.82) is 0 Å². The van der Waals surface area contributed by atoms with E-state index >= 15 is 0 Å². The Morgan fingerprint density at radius 3 is 2.13 bits per heavy atom. The summed E-state index contributed by atoms with van der Waals surface area (Å²) in [5.74, 6) is 0.373. The van der Waals surface area contributed by atoms with Crippen LogP contribution >= 0.6 is 0 Å². The van der Waals surface area contributed by atoms with Crippen LogP contribution in [-0.4, -0.2) is 37.3 Å². The third-order valence-corrected chi connectivity index (χ3v) is 5.90. The van der Waals surface area contributed by atoms with Crippen LogP contribution < -0.4 is 5.32 Å². The van der Waals surface area contributed by atoms with Gasteiger partial charge in [-0.15, -0.1) is 0 Å². The zero-order valence-corrected chi connectivity index (χ0v) is 15.1. The van der Waals surface area contributed by atoms with Crippen molar-refractivity contribution in [2.24, 2.45) is 5.92 Å². The first kappa shape index (κ1) is 17.9. The van der Waals surface area contributed by atoms with E-state index in [1.165, 1.54) is 16.4 Å². The topological polar surface area (TPSA) is 66.5 Å². The minimum absolute atomic E-state index is 0.201. The maximum Gasteiger partial charge on any atom is 0.251 e. The lowest BCUT2D eigenvalue weighted by Gasteiger charge is -2.29. The second-order valence-electron chi connectivity index (χ2n) is 7.32. The van der Waals surface area contributed by atoms with Gasteiger partial charge in [0.2, 0.25) is 10.0 Å². The van der Waals surface area contributed by atoms with Crippen molar-refractivity contribution in [2.75, 3.05) is 13.1 Å². The van der Waals surface area contributed by atoms with Gasteiger partial charge in [0.1, 0.15) is 0 Å². The van der Waals surface area contributed by atoms with Crippen LogP contribution in [0.5, 0.6) is 0 Å². The van der Waals surface area contributed by atoms with E-state index in [-0.39, 0.29) is 16.3 Å². The average Bonchev–Trinajstić information content (AvgIpc) is 2.46. The van der Waals surface area contributed by atoms with E-state index in [1.54, 1.807) is 12.1 Å². The van der Waals surface area contributed by atoms with Gasteiger partial charge in [0.25, 0.3) is 5.91 Å². The van der Waals surface area contributed by atoms with Gasteiger partial charge in [-0.2, -0.15) is 4.31 Å². The Bertz CT molecular complexity index is 652. The van der Waals surface area contributed by atoms with Gasteiger partial charge in [0.15, 0.2) is 0 Å². The maximum absolute atomic E-state index is 12.6. The Balaban J connectivity index is 2.14. The van der Waals surface area contributed by atoms with Gasteiger partial charge in [-0.3, -0.25) is 4.79 Å². The molecule has 23 heavy (non-hydrogen) atoms. The lowest BCUT2D eigenvalue weighted by Crippen LogP contribution is -2.40. The van der Waals surface area contributed by atoms with Gasteiger partial charge in [-0.1, -0.05) is 6.92 Å².